The minimum Gasteiger partial charge on any atom is -0.336 e. The van der Waals surface area contributed by atoms with Gasteiger partial charge in [-0.15, -0.1) is 0 Å². The Morgan fingerprint density at radius 3 is 2.94 bits per heavy atom. The number of hydrogen-bond donors (Lipinski definition) is 1. The first-order valence-electron chi connectivity index (χ1n) is 5.93. The fourth-order valence-electron chi connectivity index (χ4n) is 2.74. The fraction of sp³-hybridized carbons (Fsp3) is 0.636. The number of nitrogens with one attached hydrogen (secondary N) is 1. The van der Waals surface area contributed by atoms with Crippen LogP contribution < -0.4 is 10.2 Å². The van der Waals surface area contributed by atoms with Gasteiger partial charge in [-0.3, -0.25) is 0 Å². The van der Waals surface area contributed by atoms with E-state index in [1.807, 2.05) is 4.90 Å². The van der Waals surface area contributed by atoms with Crippen LogP contribution in [0.4, 0.5) is 19.1 Å². The minimum atomic E-state index is -4.41. The van der Waals surface area contributed by atoms with Gasteiger partial charge in [0.2, 0.25) is 5.95 Å². The molecule has 0 aliphatic carbocycles. The Labute approximate surface area is 102 Å². The van der Waals surface area contributed by atoms with Crippen LogP contribution in [0.3, 0.4) is 0 Å². The average molecular weight is 258 g/mol. The third kappa shape index (κ3) is 1.92. The third-order valence-electron chi connectivity index (χ3n) is 3.64. The summed E-state index contributed by atoms with van der Waals surface area (Å²) in [4.78, 5) is 9.52. The third-order valence-corrected chi connectivity index (χ3v) is 3.64. The van der Waals surface area contributed by atoms with E-state index in [0.29, 0.717) is 5.92 Å². The van der Waals surface area contributed by atoms with E-state index >= 15 is 0 Å². The normalized spacial score (nSPS) is 27.6. The molecule has 1 N–H and O–H groups in total. The summed E-state index contributed by atoms with van der Waals surface area (Å²) < 4.78 is 37.8. The number of hydrogen-bond acceptors (Lipinski definition) is 4. The van der Waals surface area contributed by atoms with Crippen molar-refractivity contribution in [3.63, 3.8) is 0 Å². The summed E-state index contributed by atoms with van der Waals surface area (Å²) in [6.45, 7) is 2.46. The molecule has 0 unspecified atom stereocenters. The molecule has 0 radical (unpaired) electrons. The molecule has 3 rings (SSSR count). The standard InChI is InChI=1S/C11H13F3N4/c12-11(13,14)9-1-3-16-10(17-9)18-4-2-7-5-15-6-8(7)18/h1,3,7-8,15H,2,4-6H2/t7-,8+/m0/s1. The molecule has 1 aromatic rings. The molecule has 2 saturated heterocycles. The molecular weight excluding hydrogens is 245 g/mol. The summed E-state index contributed by atoms with van der Waals surface area (Å²) in [7, 11) is 0. The van der Waals surface area contributed by atoms with Crippen molar-refractivity contribution in [1.29, 1.82) is 0 Å². The maximum Gasteiger partial charge on any atom is 0.433 e. The van der Waals surface area contributed by atoms with Crippen molar-refractivity contribution in [2.24, 2.45) is 5.92 Å². The quantitative estimate of drug-likeness (QED) is 0.824. The molecule has 2 aliphatic rings. The molecule has 0 bridgehead atoms. The first-order valence-corrected chi connectivity index (χ1v) is 5.93. The molecule has 4 nitrogen and oxygen atoms in total. The van der Waals surface area contributed by atoms with Crippen molar-refractivity contribution in [3.05, 3.63) is 18.0 Å². The Morgan fingerprint density at radius 2 is 2.17 bits per heavy atom. The summed E-state index contributed by atoms with van der Waals surface area (Å²) in [6, 6.07) is 1.14. The summed E-state index contributed by atoms with van der Waals surface area (Å²) in [5, 5.41) is 3.25. The molecule has 1 aromatic heterocycles. The van der Waals surface area contributed by atoms with Gasteiger partial charge >= 0.3 is 6.18 Å². The Hall–Kier alpha value is -1.37. The minimum absolute atomic E-state index is 0.195. The number of alkyl halides is 3. The van der Waals surface area contributed by atoms with Gasteiger partial charge in [0.1, 0.15) is 5.69 Å². The van der Waals surface area contributed by atoms with Gasteiger partial charge in [-0.05, 0) is 18.4 Å². The highest BCUT2D eigenvalue weighted by molar-refractivity contribution is 5.36. The van der Waals surface area contributed by atoms with Crippen molar-refractivity contribution in [3.8, 4) is 0 Å². The second-order valence-corrected chi connectivity index (χ2v) is 4.71. The van der Waals surface area contributed by atoms with E-state index in [-0.39, 0.29) is 12.0 Å². The van der Waals surface area contributed by atoms with E-state index in [1.54, 1.807) is 0 Å². The molecular formula is C11H13F3N4. The van der Waals surface area contributed by atoms with Crippen LogP contribution in [0, 0.1) is 5.92 Å². The van der Waals surface area contributed by atoms with Crippen LogP contribution in [0.15, 0.2) is 12.3 Å². The lowest BCUT2D eigenvalue weighted by Crippen LogP contribution is -2.35. The van der Waals surface area contributed by atoms with Crippen LogP contribution >= 0.6 is 0 Å². The van der Waals surface area contributed by atoms with Gasteiger partial charge in [-0.1, -0.05) is 0 Å². The van der Waals surface area contributed by atoms with Gasteiger partial charge in [0.25, 0.3) is 0 Å². The van der Waals surface area contributed by atoms with Crippen molar-refractivity contribution in [1.82, 2.24) is 15.3 Å². The molecule has 2 atom stereocenters. The van der Waals surface area contributed by atoms with Crippen molar-refractivity contribution in [2.45, 2.75) is 18.6 Å². The van der Waals surface area contributed by atoms with Gasteiger partial charge in [0.05, 0.1) is 0 Å². The van der Waals surface area contributed by atoms with E-state index in [1.165, 1.54) is 6.20 Å². The molecule has 0 aromatic carbocycles. The van der Waals surface area contributed by atoms with Crippen LogP contribution in [-0.2, 0) is 6.18 Å². The zero-order valence-corrected chi connectivity index (χ0v) is 9.61. The molecule has 0 spiro atoms. The molecule has 2 fully saturated rings. The van der Waals surface area contributed by atoms with Gasteiger partial charge in [-0.2, -0.15) is 13.2 Å². The summed E-state index contributed by atoms with van der Waals surface area (Å²) in [6.07, 6.45) is -2.25. The summed E-state index contributed by atoms with van der Waals surface area (Å²) in [5.41, 5.74) is -0.873. The Kier molecular flexibility index (Phi) is 2.65. The van der Waals surface area contributed by atoms with Gasteiger partial charge in [0.15, 0.2) is 0 Å². The van der Waals surface area contributed by atoms with Crippen molar-refractivity contribution in [2.75, 3.05) is 24.5 Å². The topological polar surface area (TPSA) is 41.1 Å². The maximum atomic E-state index is 12.6. The second-order valence-electron chi connectivity index (χ2n) is 4.71. The Morgan fingerprint density at radius 1 is 1.33 bits per heavy atom. The zero-order valence-electron chi connectivity index (χ0n) is 9.61. The van der Waals surface area contributed by atoms with E-state index in [9.17, 15) is 13.2 Å². The van der Waals surface area contributed by atoms with E-state index in [0.717, 1.165) is 32.1 Å². The lowest BCUT2D eigenvalue weighted by molar-refractivity contribution is -0.141. The zero-order chi connectivity index (χ0) is 12.8. The van der Waals surface area contributed by atoms with Crippen molar-refractivity contribution < 1.29 is 13.2 Å². The highest BCUT2D eigenvalue weighted by atomic mass is 19.4. The predicted octanol–water partition coefficient (Wildman–Crippen LogP) is 1.29. The predicted molar refractivity (Wildman–Crippen MR) is 59.1 cm³/mol. The molecule has 7 heteroatoms. The summed E-state index contributed by atoms with van der Waals surface area (Å²) >= 11 is 0. The highest BCUT2D eigenvalue weighted by Gasteiger charge is 2.40. The number of rotatable bonds is 1. The van der Waals surface area contributed by atoms with Crippen LogP contribution in [-0.4, -0.2) is 35.6 Å². The van der Waals surface area contributed by atoms with Gasteiger partial charge < -0.3 is 10.2 Å². The molecule has 2 aliphatic heterocycles. The Bertz CT molecular complexity index is 448. The van der Waals surface area contributed by atoms with E-state index < -0.39 is 11.9 Å². The number of fused-ring (bicyclic) bond motifs is 1. The van der Waals surface area contributed by atoms with Crippen molar-refractivity contribution >= 4 is 5.95 Å². The SMILES string of the molecule is FC(F)(F)c1ccnc(N2CC[C@H]3CNC[C@H]32)n1. The van der Waals surface area contributed by atoms with Crippen LogP contribution in [0.5, 0.6) is 0 Å². The Balaban J connectivity index is 1.88. The number of aromatic nitrogens is 2. The van der Waals surface area contributed by atoms with Gasteiger partial charge in [0, 0.05) is 31.9 Å². The maximum absolute atomic E-state index is 12.6. The lowest BCUT2D eigenvalue weighted by atomic mass is 10.1. The number of anilines is 1. The monoisotopic (exact) mass is 258 g/mol. The van der Waals surface area contributed by atoms with Gasteiger partial charge in [-0.25, -0.2) is 9.97 Å². The van der Waals surface area contributed by atoms with Crippen LogP contribution in [0.2, 0.25) is 0 Å². The van der Waals surface area contributed by atoms with Crippen LogP contribution in [0.1, 0.15) is 12.1 Å². The number of halogens is 3. The molecule has 98 valence electrons. The lowest BCUT2D eigenvalue weighted by Gasteiger charge is -2.23. The smallest absolute Gasteiger partial charge is 0.336 e. The number of nitrogens with zero attached hydrogens (tertiary/aromatic N) is 3. The summed E-state index contributed by atoms with van der Waals surface area (Å²) in [5.74, 6) is 0.698. The molecule has 18 heavy (non-hydrogen) atoms. The van der Waals surface area contributed by atoms with E-state index in [4.69, 9.17) is 0 Å². The first kappa shape index (κ1) is 11.7. The van der Waals surface area contributed by atoms with E-state index in [2.05, 4.69) is 15.3 Å². The second kappa shape index (κ2) is 4.08. The largest absolute Gasteiger partial charge is 0.433 e. The highest BCUT2D eigenvalue weighted by Crippen LogP contribution is 2.32. The average Bonchev–Trinajstić information content (AvgIpc) is 2.89. The molecule has 3 heterocycles. The first-order chi connectivity index (χ1) is 8.55. The molecule has 0 amide bonds. The van der Waals surface area contributed by atoms with Crippen LogP contribution in [0.25, 0.3) is 0 Å². The fourth-order valence-corrected chi connectivity index (χ4v) is 2.74. The molecule has 0 saturated carbocycles.